The first kappa shape index (κ1) is 15.8. The topological polar surface area (TPSA) is 107 Å². The first-order chi connectivity index (χ1) is 10.9. The molecule has 3 rings (SSSR count). The van der Waals surface area contributed by atoms with Gasteiger partial charge in [0.05, 0.1) is 5.92 Å². The minimum atomic E-state index is -0.920. The van der Waals surface area contributed by atoms with Gasteiger partial charge in [0.1, 0.15) is 12.1 Å². The monoisotopic (exact) mass is 323 g/mol. The van der Waals surface area contributed by atoms with E-state index in [2.05, 4.69) is 5.32 Å². The fourth-order valence-corrected chi connectivity index (χ4v) is 3.74. The molecule has 1 saturated carbocycles. The van der Waals surface area contributed by atoms with Crippen molar-refractivity contribution in [1.82, 2.24) is 15.1 Å². The van der Waals surface area contributed by atoms with Crippen LogP contribution in [0.1, 0.15) is 38.5 Å². The van der Waals surface area contributed by atoms with E-state index in [0.717, 1.165) is 24.2 Å². The number of likely N-dealkylation sites (tertiary alicyclic amines) is 1. The number of hydrogen-bond donors (Lipinski definition) is 2. The Kier molecular flexibility index (Phi) is 3.99. The molecule has 0 radical (unpaired) electrons. The summed E-state index contributed by atoms with van der Waals surface area (Å²) in [7, 11) is 0. The Morgan fingerprint density at radius 3 is 2.52 bits per heavy atom. The predicted octanol–water partition coefficient (Wildman–Crippen LogP) is 0.174. The van der Waals surface area contributed by atoms with E-state index in [1.54, 1.807) is 0 Å². The number of rotatable bonds is 3. The van der Waals surface area contributed by atoms with E-state index in [1.165, 1.54) is 4.90 Å². The largest absolute Gasteiger partial charge is 0.481 e. The fraction of sp³-hybridized carbons (Fsp3) is 0.733. The smallest absolute Gasteiger partial charge is 0.325 e. The molecule has 0 bridgehead atoms. The number of carboxylic acids is 1. The number of nitrogens with zero attached hydrogens (tertiary/aromatic N) is 2. The summed E-state index contributed by atoms with van der Waals surface area (Å²) in [5.74, 6) is -2.17. The van der Waals surface area contributed by atoms with Gasteiger partial charge in [-0.25, -0.2) is 4.79 Å². The maximum Gasteiger partial charge on any atom is 0.325 e. The number of imide groups is 1. The predicted molar refractivity (Wildman–Crippen MR) is 78.4 cm³/mol. The second kappa shape index (κ2) is 5.82. The average molecular weight is 323 g/mol. The van der Waals surface area contributed by atoms with Gasteiger partial charge in [-0.1, -0.05) is 19.3 Å². The maximum atomic E-state index is 12.6. The van der Waals surface area contributed by atoms with E-state index in [9.17, 15) is 19.2 Å². The molecule has 23 heavy (non-hydrogen) atoms. The minimum Gasteiger partial charge on any atom is -0.481 e. The van der Waals surface area contributed by atoms with Crippen molar-refractivity contribution < 1.29 is 24.3 Å². The van der Waals surface area contributed by atoms with E-state index in [0.29, 0.717) is 25.8 Å². The second-order valence-electron chi connectivity index (χ2n) is 6.63. The van der Waals surface area contributed by atoms with Crippen LogP contribution in [-0.4, -0.2) is 63.9 Å². The molecular formula is C15H21N3O5. The van der Waals surface area contributed by atoms with Crippen molar-refractivity contribution in [3.8, 4) is 0 Å². The molecule has 0 aromatic rings. The van der Waals surface area contributed by atoms with Gasteiger partial charge in [-0.2, -0.15) is 0 Å². The summed E-state index contributed by atoms with van der Waals surface area (Å²) in [6.45, 7) is 0.187. The summed E-state index contributed by atoms with van der Waals surface area (Å²) in [6.07, 6.45) is 4.47. The highest BCUT2D eigenvalue weighted by atomic mass is 16.4. The van der Waals surface area contributed by atoms with E-state index in [4.69, 9.17) is 5.11 Å². The summed E-state index contributed by atoms with van der Waals surface area (Å²) < 4.78 is 0. The fourth-order valence-electron chi connectivity index (χ4n) is 3.74. The Morgan fingerprint density at radius 2 is 1.91 bits per heavy atom. The highest BCUT2D eigenvalue weighted by Crippen LogP contribution is 2.33. The lowest BCUT2D eigenvalue weighted by Gasteiger charge is -2.30. The number of hydrogen-bond acceptors (Lipinski definition) is 4. The van der Waals surface area contributed by atoms with Crippen molar-refractivity contribution in [3.63, 3.8) is 0 Å². The number of carbonyl (C=O) groups is 4. The van der Waals surface area contributed by atoms with Crippen LogP contribution in [0.5, 0.6) is 0 Å². The van der Waals surface area contributed by atoms with Crippen LogP contribution in [0.4, 0.5) is 4.79 Å². The average Bonchev–Trinajstić information content (AvgIpc) is 3.09. The number of amides is 4. The summed E-state index contributed by atoms with van der Waals surface area (Å²) in [4.78, 5) is 50.4. The molecule has 3 aliphatic rings. The Morgan fingerprint density at radius 1 is 1.22 bits per heavy atom. The van der Waals surface area contributed by atoms with Gasteiger partial charge in [-0.15, -0.1) is 0 Å². The molecule has 0 aromatic heterocycles. The molecule has 3 fully saturated rings. The lowest BCUT2D eigenvalue weighted by atomic mass is 9.82. The zero-order valence-corrected chi connectivity index (χ0v) is 12.9. The third-order valence-electron chi connectivity index (χ3n) is 5.14. The Hall–Kier alpha value is -2.12. The van der Waals surface area contributed by atoms with Crippen LogP contribution in [0, 0.1) is 5.92 Å². The number of carboxylic acid groups (broad SMARTS) is 1. The first-order valence-electron chi connectivity index (χ1n) is 8.08. The Balaban J connectivity index is 1.64. The third-order valence-corrected chi connectivity index (χ3v) is 5.14. The van der Waals surface area contributed by atoms with Gasteiger partial charge >= 0.3 is 12.0 Å². The van der Waals surface area contributed by atoms with E-state index in [-0.39, 0.29) is 24.9 Å². The molecule has 0 aromatic carbocycles. The van der Waals surface area contributed by atoms with Crippen LogP contribution in [0.25, 0.3) is 0 Å². The summed E-state index contributed by atoms with van der Waals surface area (Å²) in [6, 6.07) is -0.515. The molecule has 1 unspecified atom stereocenters. The van der Waals surface area contributed by atoms with Gasteiger partial charge in [0.25, 0.3) is 5.91 Å². The third kappa shape index (κ3) is 2.77. The van der Waals surface area contributed by atoms with Crippen molar-refractivity contribution in [2.75, 3.05) is 19.6 Å². The molecule has 2 N–H and O–H groups in total. The molecule has 1 aliphatic carbocycles. The summed E-state index contributed by atoms with van der Waals surface area (Å²) >= 11 is 0. The Bertz CT molecular complexity index is 555. The number of carbonyl (C=O) groups excluding carboxylic acids is 3. The highest BCUT2D eigenvalue weighted by molar-refractivity contribution is 6.09. The zero-order valence-electron chi connectivity index (χ0n) is 12.9. The lowest BCUT2D eigenvalue weighted by Crippen LogP contribution is -2.49. The number of aliphatic carboxylic acids is 1. The van der Waals surface area contributed by atoms with E-state index in [1.807, 2.05) is 0 Å². The van der Waals surface area contributed by atoms with Gasteiger partial charge in [-0.05, 0) is 19.3 Å². The maximum absolute atomic E-state index is 12.6. The van der Waals surface area contributed by atoms with E-state index < -0.39 is 23.5 Å². The van der Waals surface area contributed by atoms with Crippen molar-refractivity contribution in [3.05, 3.63) is 0 Å². The second-order valence-corrected chi connectivity index (χ2v) is 6.63. The molecule has 2 heterocycles. The van der Waals surface area contributed by atoms with Gasteiger partial charge in [0.15, 0.2) is 0 Å². The number of urea groups is 1. The molecule has 8 nitrogen and oxygen atoms in total. The van der Waals surface area contributed by atoms with Gasteiger partial charge in [0, 0.05) is 13.1 Å². The summed E-state index contributed by atoms with van der Waals surface area (Å²) in [5.41, 5.74) is -0.829. The standard InChI is InChI=1S/C15H21N3O5/c19-11(17-7-4-10(8-17)12(20)21)9-18-13(22)15(16-14(18)23)5-2-1-3-6-15/h10H,1-9H2,(H,16,23)(H,20,21). The quantitative estimate of drug-likeness (QED) is 0.720. The molecule has 8 heteroatoms. The van der Waals surface area contributed by atoms with Crippen LogP contribution in [0.15, 0.2) is 0 Å². The molecule has 2 saturated heterocycles. The molecule has 2 aliphatic heterocycles. The first-order valence-corrected chi connectivity index (χ1v) is 8.08. The van der Waals surface area contributed by atoms with Crippen LogP contribution in [0.2, 0.25) is 0 Å². The normalized spacial score (nSPS) is 26.7. The highest BCUT2D eigenvalue weighted by Gasteiger charge is 2.52. The van der Waals surface area contributed by atoms with Crippen molar-refractivity contribution in [2.45, 2.75) is 44.1 Å². The molecular weight excluding hydrogens is 302 g/mol. The van der Waals surface area contributed by atoms with Gasteiger partial charge < -0.3 is 15.3 Å². The van der Waals surface area contributed by atoms with Gasteiger partial charge in [0.2, 0.25) is 5.91 Å². The zero-order chi connectivity index (χ0) is 16.6. The van der Waals surface area contributed by atoms with Crippen LogP contribution < -0.4 is 5.32 Å². The van der Waals surface area contributed by atoms with Crippen LogP contribution >= 0.6 is 0 Å². The Labute approximate surface area is 133 Å². The van der Waals surface area contributed by atoms with Crippen molar-refractivity contribution >= 4 is 23.8 Å². The van der Waals surface area contributed by atoms with Gasteiger partial charge in [-0.3, -0.25) is 19.3 Å². The number of nitrogens with one attached hydrogen (secondary N) is 1. The van der Waals surface area contributed by atoms with E-state index >= 15 is 0 Å². The molecule has 1 atom stereocenters. The minimum absolute atomic E-state index is 0.142. The molecule has 126 valence electrons. The molecule has 1 spiro atoms. The van der Waals surface area contributed by atoms with Crippen LogP contribution in [0.3, 0.4) is 0 Å². The van der Waals surface area contributed by atoms with Crippen LogP contribution in [-0.2, 0) is 14.4 Å². The molecule has 4 amide bonds. The SMILES string of the molecule is O=C(O)C1CCN(C(=O)CN2C(=O)NC3(CCCCC3)C2=O)C1. The van der Waals surface area contributed by atoms with Crippen molar-refractivity contribution in [2.24, 2.45) is 5.92 Å². The van der Waals surface area contributed by atoms with Crippen molar-refractivity contribution in [1.29, 1.82) is 0 Å². The summed E-state index contributed by atoms with van der Waals surface area (Å²) in [5, 5.41) is 11.7. The lowest BCUT2D eigenvalue weighted by molar-refractivity contribution is -0.142.